The first kappa shape index (κ1) is 15.8. The van der Waals surface area contributed by atoms with E-state index in [4.69, 9.17) is 0 Å². The van der Waals surface area contributed by atoms with Crippen molar-refractivity contribution in [2.24, 2.45) is 5.92 Å². The average Bonchev–Trinajstić information content (AvgIpc) is 2.94. The Morgan fingerprint density at radius 2 is 2.00 bits per heavy atom. The molecule has 1 aliphatic heterocycles. The molecule has 1 N–H and O–H groups in total. The molecule has 116 valence electrons. The Labute approximate surface area is 128 Å². The molecule has 0 aliphatic carbocycles. The van der Waals surface area contributed by atoms with Gasteiger partial charge in [-0.3, -0.25) is 4.79 Å². The second kappa shape index (κ2) is 6.94. The minimum Gasteiger partial charge on any atom is -0.378 e. The third-order valence-corrected chi connectivity index (χ3v) is 4.24. The molecule has 1 aromatic carbocycles. The molecule has 4 nitrogen and oxygen atoms in total. The van der Waals surface area contributed by atoms with Crippen LogP contribution in [0.1, 0.15) is 30.6 Å². The molecule has 1 heterocycles. The third kappa shape index (κ3) is 4.21. The summed E-state index contributed by atoms with van der Waals surface area (Å²) in [6, 6.07) is 8.33. The zero-order valence-electron chi connectivity index (χ0n) is 13.6. The van der Waals surface area contributed by atoms with Crippen LogP contribution in [0.25, 0.3) is 0 Å². The van der Waals surface area contributed by atoms with Gasteiger partial charge in [0.2, 0.25) is 0 Å². The standard InChI is InChI=1S/C17H27N3O/c1-13(2)20-10-9-14(12-20)11-18-17(21)15-5-7-16(8-6-15)19(3)4/h5-8,13-14H,9-12H2,1-4H3,(H,18,21)/t14-/m1/s1. The number of rotatable bonds is 5. The van der Waals surface area contributed by atoms with E-state index in [1.54, 1.807) is 0 Å². The summed E-state index contributed by atoms with van der Waals surface area (Å²) in [5.74, 6) is 0.612. The van der Waals surface area contributed by atoms with Crippen LogP contribution in [0.15, 0.2) is 24.3 Å². The first-order valence-corrected chi connectivity index (χ1v) is 7.77. The van der Waals surface area contributed by atoms with E-state index >= 15 is 0 Å². The number of hydrogen-bond acceptors (Lipinski definition) is 3. The monoisotopic (exact) mass is 289 g/mol. The highest BCUT2D eigenvalue weighted by Crippen LogP contribution is 2.18. The fraction of sp³-hybridized carbons (Fsp3) is 0.588. The van der Waals surface area contributed by atoms with Crippen molar-refractivity contribution in [1.82, 2.24) is 10.2 Å². The van der Waals surface area contributed by atoms with Gasteiger partial charge in [0.1, 0.15) is 0 Å². The van der Waals surface area contributed by atoms with Crippen LogP contribution in [-0.4, -0.2) is 50.6 Å². The molecule has 0 unspecified atom stereocenters. The maximum atomic E-state index is 12.2. The van der Waals surface area contributed by atoms with Crippen molar-refractivity contribution in [3.63, 3.8) is 0 Å². The minimum absolute atomic E-state index is 0.0308. The van der Waals surface area contributed by atoms with Gasteiger partial charge in [0.15, 0.2) is 0 Å². The predicted octanol–water partition coefficient (Wildman–Crippen LogP) is 2.21. The smallest absolute Gasteiger partial charge is 0.251 e. The molecule has 0 saturated carbocycles. The van der Waals surface area contributed by atoms with Crippen LogP contribution in [0.4, 0.5) is 5.69 Å². The first-order chi connectivity index (χ1) is 9.97. The molecule has 0 aromatic heterocycles. The van der Waals surface area contributed by atoms with Gasteiger partial charge in [0.25, 0.3) is 5.91 Å². The molecule has 2 rings (SSSR count). The van der Waals surface area contributed by atoms with Crippen molar-refractivity contribution >= 4 is 11.6 Å². The Balaban J connectivity index is 1.82. The second-order valence-electron chi connectivity index (χ2n) is 6.39. The second-order valence-corrected chi connectivity index (χ2v) is 6.39. The van der Waals surface area contributed by atoms with Crippen molar-refractivity contribution in [3.8, 4) is 0 Å². The van der Waals surface area contributed by atoms with E-state index in [1.165, 1.54) is 6.42 Å². The predicted molar refractivity (Wildman–Crippen MR) is 87.9 cm³/mol. The molecule has 1 aromatic rings. The molecule has 1 fully saturated rings. The van der Waals surface area contributed by atoms with E-state index in [0.717, 1.165) is 30.9 Å². The van der Waals surface area contributed by atoms with Crippen LogP contribution in [0, 0.1) is 5.92 Å². The van der Waals surface area contributed by atoms with Crippen LogP contribution >= 0.6 is 0 Å². The lowest BCUT2D eigenvalue weighted by molar-refractivity contribution is 0.0947. The Hall–Kier alpha value is -1.55. The third-order valence-electron chi connectivity index (χ3n) is 4.24. The Bertz CT molecular complexity index is 467. The van der Waals surface area contributed by atoms with Crippen LogP contribution < -0.4 is 10.2 Å². The van der Waals surface area contributed by atoms with E-state index in [2.05, 4.69) is 24.1 Å². The SMILES string of the molecule is CC(C)N1CC[C@H](CNC(=O)c2ccc(N(C)C)cc2)C1. The maximum absolute atomic E-state index is 12.2. The van der Waals surface area contributed by atoms with Crippen molar-refractivity contribution in [2.45, 2.75) is 26.3 Å². The summed E-state index contributed by atoms with van der Waals surface area (Å²) in [7, 11) is 3.99. The number of nitrogens with zero attached hydrogens (tertiary/aromatic N) is 2. The fourth-order valence-corrected chi connectivity index (χ4v) is 2.75. The molecule has 4 heteroatoms. The molecule has 1 saturated heterocycles. The summed E-state index contributed by atoms with van der Waals surface area (Å²) < 4.78 is 0. The van der Waals surface area contributed by atoms with Gasteiger partial charge in [-0.15, -0.1) is 0 Å². The summed E-state index contributed by atoms with van der Waals surface area (Å²) in [6.07, 6.45) is 1.18. The van der Waals surface area contributed by atoms with Gasteiger partial charge in [-0.1, -0.05) is 0 Å². The zero-order chi connectivity index (χ0) is 15.4. The van der Waals surface area contributed by atoms with E-state index in [1.807, 2.05) is 43.3 Å². The number of likely N-dealkylation sites (tertiary alicyclic amines) is 1. The highest BCUT2D eigenvalue weighted by molar-refractivity contribution is 5.94. The van der Waals surface area contributed by atoms with Crippen molar-refractivity contribution in [2.75, 3.05) is 38.6 Å². The van der Waals surface area contributed by atoms with Gasteiger partial charge in [0.05, 0.1) is 0 Å². The van der Waals surface area contributed by atoms with Gasteiger partial charge in [-0.2, -0.15) is 0 Å². The highest BCUT2D eigenvalue weighted by atomic mass is 16.1. The molecule has 1 atom stereocenters. The topological polar surface area (TPSA) is 35.6 Å². The molecule has 0 radical (unpaired) electrons. The maximum Gasteiger partial charge on any atom is 0.251 e. The normalized spacial score (nSPS) is 19.0. The van der Waals surface area contributed by atoms with E-state index in [9.17, 15) is 4.79 Å². The number of hydrogen-bond donors (Lipinski definition) is 1. The molecule has 1 amide bonds. The molecular weight excluding hydrogens is 262 g/mol. The van der Waals surface area contributed by atoms with Gasteiger partial charge in [-0.05, 0) is 57.0 Å². The van der Waals surface area contributed by atoms with Crippen molar-refractivity contribution < 1.29 is 4.79 Å². The molecule has 0 spiro atoms. The van der Waals surface area contributed by atoms with Crippen LogP contribution in [0.2, 0.25) is 0 Å². The summed E-state index contributed by atoms with van der Waals surface area (Å²) in [5, 5.41) is 3.07. The summed E-state index contributed by atoms with van der Waals surface area (Å²) in [5.41, 5.74) is 1.84. The molecule has 1 aliphatic rings. The lowest BCUT2D eigenvalue weighted by Crippen LogP contribution is -2.33. The van der Waals surface area contributed by atoms with E-state index in [-0.39, 0.29) is 5.91 Å². The quantitative estimate of drug-likeness (QED) is 0.903. The number of anilines is 1. The van der Waals surface area contributed by atoms with Gasteiger partial charge in [0, 0.05) is 44.5 Å². The lowest BCUT2D eigenvalue weighted by Gasteiger charge is -2.20. The number of nitrogens with one attached hydrogen (secondary N) is 1. The zero-order valence-corrected chi connectivity index (χ0v) is 13.6. The first-order valence-electron chi connectivity index (χ1n) is 7.77. The number of benzene rings is 1. The van der Waals surface area contributed by atoms with Crippen LogP contribution in [0.3, 0.4) is 0 Å². The van der Waals surface area contributed by atoms with E-state index in [0.29, 0.717) is 12.0 Å². The van der Waals surface area contributed by atoms with Gasteiger partial charge < -0.3 is 15.1 Å². The fourth-order valence-electron chi connectivity index (χ4n) is 2.75. The van der Waals surface area contributed by atoms with Crippen LogP contribution in [0.5, 0.6) is 0 Å². The summed E-state index contributed by atoms with van der Waals surface area (Å²) in [6.45, 7) is 7.48. The Morgan fingerprint density at radius 3 is 2.52 bits per heavy atom. The Morgan fingerprint density at radius 1 is 1.33 bits per heavy atom. The molecule has 21 heavy (non-hydrogen) atoms. The minimum atomic E-state index is 0.0308. The average molecular weight is 289 g/mol. The number of carbonyl (C=O) groups is 1. The van der Waals surface area contributed by atoms with E-state index < -0.39 is 0 Å². The summed E-state index contributed by atoms with van der Waals surface area (Å²) in [4.78, 5) is 16.7. The van der Waals surface area contributed by atoms with Gasteiger partial charge in [-0.25, -0.2) is 0 Å². The lowest BCUT2D eigenvalue weighted by atomic mass is 10.1. The van der Waals surface area contributed by atoms with Crippen molar-refractivity contribution in [1.29, 1.82) is 0 Å². The molecule has 0 bridgehead atoms. The highest BCUT2D eigenvalue weighted by Gasteiger charge is 2.24. The van der Waals surface area contributed by atoms with Crippen molar-refractivity contribution in [3.05, 3.63) is 29.8 Å². The van der Waals surface area contributed by atoms with Gasteiger partial charge >= 0.3 is 0 Å². The van der Waals surface area contributed by atoms with Crippen LogP contribution in [-0.2, 0) is 0 Å². The number of amides is 1. The summed E-state index contributed by atoms with van der Waals surface area (Å²) >= 11 is 0. The largest absolute Gasteiger partial charge is 0.378 e. The Kier molecular flexibility index (Phi) is 5.23. The molecular formula is C17H27N3O. The number of carbonyl (C=O) groups excluding carboxylic acids is 1.